The molecular formula is C27H29N5O7. The second-order valence-electron chi connectivity index (χ2n) is 9.19. The number of rotatable bonds is 12. The Kier molecular flexibility index (Phi) is 9.63. The van der Waals surface area contributed by atoms with Gasteiger partial charge in [0.25, 0.3) is 23.2 Å². The molecule has 0 aliphatic carbocycles. The summed E-state index contributed by atoms with van der Waals surface area (Å²) in [6.07, 6.45) is 2.51. The van der Waals surface area contributed by atoms with Crippen LogP contribution in [-0.4, -0.2) is 40.5 Å². The van der Waals surface area contributed by atoms with E-state index in [1.54, 1.807) is 0 Å². The zero-order chi connectivity index (χ0) is 28.5. The van der Waals surface area contributed by atoms with Gasteiger partial charge in [0.05, 0.1) is 34.3 Å². The van der Waals surface area contributed by atoms with Gasteiger partial charge in [0.2, 0.25) is 0 Å². The summed E-state index contributed by atoms with van der Waals surface area (Å²) in [7, 11) is 0. The van der Waals surface area contributed by atoms with Gasteiger partial charge in [-0.15, -0.1) is 0 Å². The van der Waals surface area contributed by atoms with Crippen LogP contribution in [0.4, 0.5) is 11.4 Å². The molecule has 0 heterocycles. The van der Waals surface area contributed by atoms with Gasteiger partial charge in [-0.2, -0.15) is 5.10 Å². The maximum absolute atomic E-state index is 13.0. The number of amides is 2. The van der Waals surface area contributed by atoms with Crippen LogP contribution in [0, 0.1) is 26.1 Å². The second kappa shape index (κ2) is 13.1. The van der Waals surface area contributed by atoms with Crippen LogP contribution < -0.4 is 15.5 Å². The molecule has 0 radical (unpaired) electrons. The van der Waals surface area contributed by atoms with Crippen molar-refractivity contribution in [1.82, 2.24) is 10.7 Å². The molecule has 2 amide bonds. The highest BCUT2D eigenvalue weighted by Gasteiger charge is 2.25. The maximum atomic E-state index is 13.0. The van der Waals surface area contributed by atoms with E-state index in [-0.39, 0.29) is 17.9 Å². The number of non-ortho nitro benzene ring substituents is 2. The van der Waals surface area contributed by atoms with E-state index in [0.29, 0.717) is 17.9 Å². The van der Waals surface area contributed by atoms with Crippen LogP contribution in [-0.2, 0) is 4.79 Å². The highest BCUT2D eigenvalue weighted by molar-refractivity contribution is 6.03. The molecule has 12 heteroatoms. The summed E-state index contributed by atoms with van der Waals surface area (Å²) in [5, 5.41) is 30.8. The number of nitrogens with zero attached hydrogens (tertiary/aromatic N) is 3. The summed E-state index contributed by atoms with van der Waals surface area (Å²) in [6, 6.07) is 13.0. The van der Waals surface area contributed by atoms with Crippen molar-refractivity contribution >= 4 is 40.2 Å². The van der Waals surface area contributed by atoms with Crippen molar-refractivity contribution in [3.63, 3.8) is 0 Å². The summed E-state index contributed by atoms with van der Waals surface area (Å²) in [4.78, 5) is 46.6. The smallest absolute Gasteiger partial charge is 0.277 e. The first-order chi connectivity index (χ1) is 18.6. The summed E-state index contributed by atoms with van der Waals surface area (Å²) in [5.41, 5.74) is 1.59. The lowest BCUT2D eigenvalue weighted by Crippen LogP contribution is -2.46. The fraction of sp³-hybridized carbons (Fsp3) is 0.296. The third-order valence-electron chi connectivity index (χ3n) is 5.68. The summed E-state index contributed by atoms with van der Waals surface area (Å²) < 4.78 is 5.85. The fourth-order valence-electron chi connectivity index (χ4n) is 3.87. The number of nitro groups is 2. The molecule has 2 N–H and O–H groups in total. The van der Waals surface area contributed by atoms with E-state index in [4.69, 9.17) is 4.74 Å². The lowest BCUT2D eigenvalue weighted by Gasteiger charge is -2.19. The molecule has 3 rings (SSSR count). The fourth-order valence-corrected chi connectivity index (χ4v) is 3.87. The molecule has 0 aromatic heterocycles. The Bertz CT molecular complexity index is 1390. The lowest BCUT2D eigenvalue weighted by molar-refractivity contribution is -0.394. The molecule has 0 aliphatic rings. The standard InChI is InChI=1S/C27H29N5O7/c1-4-11-39-25-10-9-18-7-5-6-8-22(18)23(25)16-28-30-27(34)24(12-17(2)3)29-26(33)19-13-20(31(35)36)15-21(14-19)32(37)38/h5-10,13-17,24H,4,11-12H2,1-3H3,(H,29,33)(H,30,34)/b28-16-/t24-/m0/s1. The number of hydrazone groups is 1. The minimum atomic E-state index is -1.06. The van der Waals surface area contributed by atoms with Crippen LogP contribution in [0.15, 0.2) is 59.7 Å². The number of carbonyl (C=O) groups is 2. The molecule has 0 spiro atoms. The Morgan fingerprint density at radius 3 is 2.31 bits per heavy atom. The largest absolute Gasteiger partial charge is 0.493 e. The zero-order valence-electron chi connectivity index (χ0n) is 21.7. The molecule has 3 aromatic rings. The van der Waals surface area contributed by atoms with E-state index < -0.39 is 39.1 Å². The zero-order valence-corrected chi connectivity index (χ0v) is 21.7. The Hall–Kier alpha value is -4.87. The Morgan fingerprint density at radius 2 is 1.69 bits per heavy atom. The van der Waals surface area contributed by atoms with Gasteiger partial charge >= 0.3 is 0 Å². The van der Waals surface area contributed by atoms with Crippen LogP contribution >= 0.6 is 0 Å². The van der Waals surface area contributed by atoms with Crippen LogP contribution in [0.3, 0.4) is 0 Å². The first kappa shape index (κ1) is 28.7. The van der Waals surface area contributed by atoms with Gasteiger partial charge in [0.15, 0.2) is 0 Å². The number of ether oxygens (including phenoxy) is 1. The van der Waals surface area contributed by atoms with Crippen LogP contribution in [0.1, 0.15) is 49.5 Å². The number of benzene rings is 3. The van der Waals surface area contributed by atoms with E-state index in [9.17, 15) is 29.8 Å². The maximum Gasteiger partial charge on any atom is 0.277 e. The second-order valence-corrected chi connectivity index (χ2v) is 9.19. The van der Waals surface area contributed by atoms with Crippen LogP contribution in [0.5, 0.6) is 5.75 Å². The Balaban J connectivity index is 1.83. The normalized spacial score (nSPS) is 11.9. The van der Waals surface area contributed by atoms with E-state index in [1.165, 1.54) is 6.21 Å². The van der Waals surface area contributed by atoms with Crippen molar-refractivity contribution < 1.29 is 24.2 Å². The first-order valence-corrected chi connectivity index (χ1v) is 12.3. The van der Waals surface area contributed by atoms with Gasteiger partial charge in [-0.3, -0.25) is 29.8 Å². The van der Waals surface area contributed by atoms with E-state index >= 15 is 0 Å². The molecule has 0 fully saturated rings. The SMILES string of the molecule is CCCOc1ccc2ccccc2c1/C=N\NC(=O)[C@H](CC(C)C)NC(=O)c1cc([N+](=O)[O-])cc([N+](=O)[O-])c1. The number of nitro benzene ring substituents is 2. The van der Waals surface area contributed by atoms with Gasteiger partial charge in [0.1, 0.15) is 11.8 Å². The molecule has 0 unspecified atom stereocenters. The molecule has 0 bridgehead atoms. The molecule has 12 nitrogen and oxygen atoms in total. The van der Waals surface area contributed by atoms with Gasteiger partial charge in [-0.1, -0.05) is 51.1 Å². The number of fused-ring (bicyclic) bond motifs is 1. The van der Waals surface area contributed by atoms with Crippen LogP contribution in [0.25, 0.3) is 10.8 Å². The monoisotopic (exact) mass is 535 g/mol. The van der Waals surface area contributed by atoms with Crippen molar-refractivity contribution in [3.8, 4) is 5.75 Å². The lowest BCUT2D eigenvalue weighted by atomic mass is 10.0. The quantitative estimate of drug-likeness (QED) is 0.192. The molecule has 0 saturated heterocycles. The molecule has 0 saturated carbocycles. The minimum Gasteiger partial charge on any atom is -0.493 e. The highest BCUT2D eigenvalue weighted by atomic mass is 16.6. The van der Waals surface area contributed by atoms with Crippen molar-refractivity contribution in [2.75, 3.05) is 6.61 Å². The van der Waals surface area contributed by atoms with E-state index in [2.05, 4.69) is 15.8 Å². The first-order valence-electron chi connectivity index (χ1n) is 12.3. The number of carbonyl (C=O) groups excluding carboxylic acids is 2. The summed E-state index contributed by atoms with van der Waals surface area (Å²) in [6.45, 7) is 6.19. The molecule has 0 aliphatic heterocycles. The predicted molar refractivity (Wildman–Crippen MR) is 146 cm³/mol. The van der Waals surface area contributed by atoms with Gasteiger partial charge in [-0.25, -0.2) is 5.43 Å². The highest BCUT2D eigenvalue weighted by Crippen LogP contribution is 2.27. The van der Waals surface area contributed by atoms with Gasteiger partial charge in [0, 0.05) is 17.7 Å². The van der Waals surface area contributed by atoms with Crippen molar-refractivity contribution in [2.45, 2.75) is 39.7 Å². The van der Waals surface area contributed by atoms with E-state index in [1.807, 2.05) is 57.2 Å². The third kappa shape index (κ3) is 7.57. The summed E-state index contributed by atoms with van der Waals surface area (Å²) >= 11 is 0. The van der Waals surface area contributed by atoms with Crippen molar-refractivity contribution in [1.29, 1.82) is 0 Å². The molecular weight excluding hydrogens is 506 g/mol. The van der Waals surface area contributed by atoms with Gasteiger partial charge in [-0.05, 0) is 35.6 Å². The van der Waals surface area contributed by atoms with Crippen molar-refractivity contribution in [3.05, 3.63) is 86.0 Å². The number of hydrogen-bond donors (Lipinski definition) is 2. The molecule has 3 aromatic carbocycles. The number of hydrogen-bond acceptors (Lipinski definition) is 8. The average Bonchev–Trinajstić information content (AvgIpc) is 2.91. The predicted octanol–water partition coefficient (Wildman–Crippen LogP) is 4.74. The average molecular weight is 536 g/mol. The minimum absolute atomic E-state index is 0.0170. The van der Waals surface area contributed by atoms with Crippen LogP contribution in [0.2, 0.25) is 0 Å². The Labute approximate surface area is 224 Å². The third-order valence-corrected chi connectivity index (χ3v) is 5.68. The van der Waals surface area contributed by atoms with Gasteiger partial charge < -0.3 is 10.1 Å². The molecule has 1 atom stereocenters. The summed E-state index contributed by atoms with van der Waals surface area (Å²) in [5.74, 6) is -0.898. The molecule has 204 valence electrons. The van der Waals surface area contributed by atoms with Crippen molar-refractivity contribution in [2.24, 2.45) is 11.0 Å². The number of nitrogens with one attached hydrogen (secondary N) is 2. The molecule has 39 heavy (non-hydrogen) atoms. The topological polar surface area (TPSA) is 166 Å². The Morgan fingerprint density at radius 1 is 1.03 bits per heavy atom. The van der Waals surface area contributed by atoms with E-state index in [0.717, 1.165) is 35.4 Å².